The number of carbonyl (C=O) groups excluding carboxylic acids is 1. The predicted molar refractivity (Wildman–Crippen MR) is 91.6 cm³/mol. The van der Waals surface area contributed by atoms with E-state index in [1.54, 1.807) is 6.07 Å². The highest BCUT2D eigenvalue weighted by Crippen LogP contribution is 2.27. The molecule has 2 aromatic rings. The van der Waals surface area contributed by atoms with Gasteiger partial charge in [-0.25, -0.2) is 0 Å². The highest BCUT2D eigenvalue weighted by atomic mass is 16.6. The van der Waals surface area contributed by atoms with Crippen molar-refractivity contribution in [3.63, 3.8) is 0 Å². The quantitative estimate of drug-likeness (QED) is 0.316. The standard InChI is InChI=1S/C18H20N2O5/c1-13-5-3-6-15(19-13)7-4-10-25-18(21)12-14-8-9-17(24-2)16(11-14)20(22)23/h3,5-6,8-9,11H,4,7,10,12H2,1-2H3. The van der Waals surface area contributed by atoms with Gasteiger partial charge in [0.2, 0.25) is 0 Å². The van der Waals surface area contributed by atoms with E-state index < -0.39 is 10.9 Å². The third kappa shape index (κ3) is 5.56. The van der Waals surface area contributed by atoms with Crippen LogP contribution in [-0.2, 0) is 22.4 Å². The molecule has 0 aliphatic carbocycles. The van der Waals surface area contributed by atoms with E-state index in [4.69, 9.17) is 9.47 Å². The molecule has 7 nitrogen and oxygen atoms in total. The number of rotatable bonds is 8. The number of methoxy groups -OCH3 is 1. The van der Waals surface area contributed by atoms with E-state index in [1.807, 2.05) is 25.1 Å². The van der Waals surface area contributed by atoms with Gasteiger partial charge in [-0.2, -0.15) is 0 Å². The Morgan fingerprint density at radius 2 is 2.08 bits per heavy atom. The molecule has 0 unspecified atom stereocenters. The van der Waals surface area contributed by atoms with Gasteiger partial charge >= 0.3 is 11.7 Å². The number of pyridine rings is 1. The van der Waals surface area contributed by atoms with Crippen LogP contribution in [0.5, 0.6) is 5.75 Å². The molecule has 0 amide bonds. The van der Waals surface area contributed by atoms with Crippen LogP contribution in [0.3, 0.4) is 0 Å². The van der Waals surface area contributed by atoms with Crippen LogP contribution >= 0.6 is 0 Å². The van der Waals surface area contributed by atoms with Crippen LogP contribution in [0.1, 0.15) is 23.4 Å². The molecule has 25 heavy (non-hydrogen) atoms. The van der Waals surface area contributed by atoms with Gasteiger partial charge in [-0.1, -0.05) is 12.1 Å². The Morgan fingerprint density at radius 3 is 2.76 bits per heavy atom. The van der Waals surface area contributed by atoms with Gasteiger partial charge in [0.05, 0.1) is 25.1 Å². The van der Waals surface area contributed by atoms with Crippen molar-refractivity contribution in [3.05, 3.63) is 63.5 Å². The molecule has 1 aromatic carbocycles. The summed E-state index contributed by atoms with van der Waals surface area (Å²) in [6.07, 6.45) is 1.38. The summed E-state index contributed by atoms with van der Waals surface area (Å²) < 4.78 is 10.1. The fourth-order valence-corrected chi connectivity index (χ4v) is 2.38. The number of nitro benzene ring substituents is 1. The van der Waals surface area contributed by atoms with Crippen LogP contribution in [0, 0.1) is 17.0 Å². The molecule has 1 aromatic heterocycles. The third-order valence-corrected chi connectivity index (χ3v) is 3.57. The Balaban J connectivity index is 1.82. The minimum Gasteiger partial charge on any atom is -0.490 e. The maximum absolute atomic E-state index is 11.9. The number of aryl methyl sites for hydroxylation is 2. The zero-order valence-corrected chi connectivity index (χ0v) is 14.2. The number of nitrogens with zero attached hydrogens (tertiary/aromatic N) is 2. The Labute approximate surface area is 145 Å². The number of esters is 1. The van der Waals surface area contributed by atoms with Crippen molar-refractivity contribution in [1.82, 2.24) is 4.98 Å². The lowest BCUT2D eigenvalue weighted by atomic mass is 10.1. The first kappa shape index (κ1) is 18.4. The second kappa shape index (κ2) is 8.77. The minimum atomic E-state index is -0.539. The number of carbonyl (C=O) groups is 1. The zero-order valence-electron chi connectivity index (χ0n) is 14.2. The number of ether oxygens (including phenoxy) is 2. The summed E-state index contributed by atoms with van der Waals surface area (Å²) in [5, 5.41) is 11.0. The van der Waals surface area contributed by atoms with Gasteiger partial charge in [-0.15, -0.1) is 0 Å². The highest BCUT2D eigenvalue weighted by Gasteiger charge is 2.16. The molecule has 0 saturated heterocycles. The van der Waals surface area contributed by atoms with Crippen molar-refractivity contribution in [3.8, 4) is 5.75 Å². The van der Waals surface area contributed by atoms with E-state index in [9.17, 15) is 14.9 Å². The average Bonchev–Trinajstić information content (AvgIpc) is 2.58. The number of hydrogen-bond acceptors (Lipinski definition) is 6. The first-order chi connectivity index (χ1) is 12.0. The molecule has 0 aliphatic rings. The van der Waals surface area contributed by atoms with Crippen molar-refractivity contribution in [2.75, 3.05) is 13.7 Å². The molecule has 0 N–H and O–H groups in total. The van der Waals surface area contributed by atoms with Gasteiger partial charge in [0.15, 0.2) is 5.75 Å². The lowest BCUT2D eigenvalue weighted by Gasteiger charge is -2.07. The average molecular weight is 344 g/mol. The van der Waals surface area contributed by atoms with E-state index in [1.165, 1.54) is 19.2 Å². The smallest absolute Gasteiger partial charge is 0.311 e. The van der Waals surface area contributed by atoms with Crippen molar-refractivity contribution in [1.29, 1.82) is 0 Å². The molecular weight excluding hydrogens is 324 g/mol. The number of hydrogen-bond donors (Lipinski definition) is 0. The summed E-state index contributed by atoms with van der Waals surface area (Å²) in [6.45, 7) is 2.21. The normalized spacial score (nSPS) is 10.3. The molecule has 0 atom stereocenters. The third-order valence-electron chi connectivity index (χ3n) is 3.57. The van der Waals surface area contributed by atoms with Gasteiger partial charge in [0.1, 0.15) is 0 Å². The molecule has 132 valence electrons. The summed E-state index contributed by atoms with van der Waals surface area (Å²) >= 11 is 0. The molecule has 0 aliphatic heterocycles. The first-order valence-electron chi connectivity index (χ1n) is 7.89. The van der Waals surface area contributed by atoms with Crippen LogP contribution in [0.2, 0.25) is 0 Å². The van der Waals surface area contributed by atoms with Gasteiger partial charge < -0.3 is 9.47 Å². The van der Waals surface area contributed by atoms with Crippen LogP contribution in [0.25, 0.3) is 0 Å². The van der Waals surface area contributed by atoms with Crippen molar-refractivity contribution >= 4 is 11.7 Å². The van der Waals surface area contributed by atoms with Crippen LogP contribution in [0.4, 0.5) is 5.69 Å². The summed E-state index contributed by atoms with van der Waals surface area (Å²) in [5.74, 6) is -0.260. The van der Waals surface area contributed by atoms with E-state index in [2.05, 4.69) is 4.98 Å². The lowest BCUT2D eigenvalue weighted by molar-refractivity contribution is -0.385. The molecule has 0 spiro atoms. The Hall–Kier alpha value is -2.96. The van der Waals surface area contributed by atoms with E-state index >= 15 is 0 Å². The fraction of sp³-hybridized carbons (Fsp3) is 0.333. The topological polar surface area (TPSA) is 91.6 Å². The van der Waals surface area contributed by atoms with E-state index in [0.717, 1.165) is 17.8 Å². The largest absolute Gasteiger partial charge is 0.490 e. The molecule has 0 bridgehead atoms. The summed E-state index contributed by atoms with van der Waals surface area (Å²) in [5.41, 5.74) is 2.26. The van der Waals surface area contributed by atoms with Gasteiger partial charge in [0, 0.05) is 17.5 Å². The summed E-state index contributed by atoms with van der Waals surface area (Å²) in [6, 6.07) is 10.2. The van der Waals surface area contributed by atoms with Gasteiger partial charge in [0.25, 0.3) is 0 Å². The minimum absolute atomic E-state index is 0.0203. The highest BCUT2D eigenvalue weighted by molar-refractivity contribution is 5.73. The lowest BCUT2D eigenvalue weighted by Crippen LogP contribution is -2.10. The van der Waals surface area contributed by atoms with Gasteiger partial charge in [-0.05, 0) is 43.5 Å². The van der Waals surface area contributed by atoms with E-state index in [0.29, 0.717) is 12.0 Å². The Morgan fingerprint density at radius 1 is 1.28 bits per heavy atom. The summed E-state index contributed by atoms with van der Waals surface area (Å²) in [7, 11) is 1.36. The molecule has 0 fully saturated rings. The Bertz CT molecular complexity index is 761. The molecule has 0 saturated carbocycles. The molecule has 2 rings (SSSR count). The van der Waals surface area contributed by atoms with Crippen molar-refractivity contribution in [2.24, 2.45) is 0 Å². The molecule has 1 heterocycles. The van der Waals surface area contributed by atoms with Crippen LogP contribution < -0.4 is 4.74 Å². The Kier molecular flexibility index (Phi) is 6.45. The van der Waals surface area contributed by atoms with Crippen LogP contribution in [0.15, 0.2) is 36.4 Å². The second-order valence-electron chi connectivity index (χ2n) is 5.53. The fourth-order valence-electron chi connectivity index (χ4n) is 2.38. The maximum atomic E-state index is 11.9. The predicted octanol–water partition coefficient (Wildman–Crippen LogP) is 3.03. The van der Waals surface area contributed by atoms with Crippen molar-refractivity contribution in [2.45, 2.75) is 26.2 Å². The number of benzene rings is 1. The second-order valence-corrected chi connectivity index (χ2v) is 5.53. The molecular formula is C18H20N2O5. The molecule has 7 heteroatoms. The molecule has 0 radical (unpaired) electrons. The number of aromatic nitrogens is 1. The maximum Gasteiger partial charge on any atom is 0.311 e. The first-order valence-corrected chi connectivity index (χ1v) is 7.89. The summed E-state index contributed by atoms with van der Waals surface area (Å²) in [4.78, 5) is 26.7. The zero-order chi connectivity index (χ0) is 18.2. The van der Waals surface area contributed by atoms with Gasteiger partial charge in [-0.3, -0.25) is 19.9 Å². The van der Waals surface area contributed by atoms with E-state index in [-0.39, 0.29) is 24.5 Å². The SMILES string of the molecule is COc1ccc(CC(=O)OCCCc2cccc(C)n2)cc1[N+](=O)[O-]. The monoisotopic (exact) mass is 344 g/mol. The number of nitro groups is 1. The van der Waals surface area contributed by atoms with Crippen LogP contribution in [-0.4, -0.2) is 29.6 Å². The van der Waals surface area contributed by atoms with Crippen molar-refractivity contribution < 1.29 is 19.2 Å².